The molecule has 1 saturated heterocycles. The minimum atomic E-state index is -3.03. The quantitative estimate of drug-likeness (QED) is 0.254. The molecule has 1 aliphatic rings. The highest BCUT2D eigenvalue weighted by molar-refractivity contribution is 6.99. The Balaban J connectivity index is 1.55. The summed E-state index contributed by atoms with van der Waals surface area (Å²) >= 11 is 0. The van der Waals surface area contributed by atoms with Crippen LogP contribution in [0.15, 0.2) is 107 Å². The van der Waals surface area contributed by atoms with Gasteiger partial charge in [0.15, 0.2) is 6.23 Å². The molecule has 4 atom stereocenters. The van der Waals surface area contributed by atoms with Crippen LogP contribution in [0.4, 0.5) is 0 Å². The molecule has 10 heteroatoms. The molecule has 2 N–H and O–H groups in total. The largest absolute Gasteiger partial charge is 0.399 e. The first-order chi connectivity index (χ1) is 21.6. The lowest BCUT2D eigenvalue weighted by Crippen LogP contribution is -2.69. The predicted octanol–water partition coefficient (Wildman–Crippen LogP) is 3.31. The topological polar surface area (TPSA) is 107 Å². The number of hydrogen-bond acceptors (Lipinski definition) is 7. The first-order valence-corrected chi connectivity index (χ1v) is 17.1. The van der Waals surface area contributed by atoms with Crippen LogP contribution in [0.1, 0.15) is 38.1 Å². The Bertz CT molecular complexity index is 1630. The first kappa shape index (κ1) is 32.7. The molecule has 1 fully saturated rings. The van der Waals surface area contributed by atoms with E-state index < -0.39 is 44.1 Å². The molecule has 1 aromatic heterocycles. The number of aromatic nitrogens is 2. The fourth-order valence-corrected chi connectivity index (χ4v) is 11.0. The second-order valence-electron chi connectivity index (χ2n) is 12.4. The smallest absolute Gasteiger partial charge is 0.335 e. The highest BCUT2D eigenvalue weighted by Gasteiger charge is 2.56. The summed E-state index contributed by atoms with van der Waals surface area (Å²) in [6, 6.07) is 30.2. The number of hydrogen-bond donors (Lipinski definition) is 1. The Morgan fingerprint density at radius 3 is 1.93 bits per heavy atom. The number of methoxy groups -OCH3 is 1. The zero-order chi connectivity index (χ0) is 32.2. The molecule has 0 radical (unpaired) electrons. The lowest BCUT2D eigenvalue weighted by molar-refractivity contribution is -0.0541. The summed E-state index contributed by atoms with van der Waals surface area (Å²) in [5.74, 6) is 0. The Hall–Kier alpha value is -3.64. The van der Waals surface area contributed by atoms with Crippen molar-refractivity contribution >= 4 is 18.7 Å². The summed E-state index contributed by atoms with van der Waals surface area (Å²) in [6.07, 6.45) is -1.26. The monoisotopic (exact) mass is 629 g/mol. The summed E-state index contributed by atoms with van der Waals surface area (Å²) in [7, 11) is -1.45. The van der Waals surface area contributed by atoms with Crippen molar-refractivity contribution in [1.82, 2.24) is 9.13 Å². The molecule has 45 heavy (non-hydrogen) atoms. The molecule has 238 valence electrons. The number of ether oxygens (including phenoxy) is 3. The lowest BCUT2D eigenvalue weighted by Gasteiger charge is -2.45. The minimum Gasteiger partial charge on any atom is -0.399 e. The van der Waals surface area contributed by atoms with Gasteiger partial charge in [0.05, 0.1) is 6.61 Å². The molecule has 1 aliphatic heterocycles. The van der Waals surface area contributed by atoms with Crippen LogP contribution in [0.25, 0.3) is 0 Å². The number of rotatable bonds is 11. The van der Waals surface area contributed by atoms with Crippen LogP contribution in [0.2, 0.25) is 5.04 Å². The Morgan fingerprint density at radius 1 is 0.867 bits per heavy atom. The van der Waals surface area contributed by atoms with Gasteiger partial charge in [-0.15, -0.1) is 0 Å². The molecule has 0 bridgehead atoms. The van der Waals surface area contributed by atoms with Crippen molar-refractivity contribution in [2.24, 2.45) is 5.73 Å². The van der Waals surface area contributed by atoms with E-state index in [9.17, 15) is 9.59 Å². The molecule has 2 heterocycles. The number of nitrogens with two attached hydrogens (primary N) is 1. The van der Waals surface area contributed by atoms with Crippen LogP contribution in [0, 0.1) is 6.92 Å². The van der Waals surface area contributed by atoms with Gasteiger partial charge in [0, 0.05) is 25.4 Å². The summed E-state index contributed by atoms with van der Waals surface area (Å²) in [6.45, 7) is 8.46. The summed E-state index contributed by atoms with van der Waals surface area (Å²) in [5.41, 5.74) is 6.64. The maximum absolute atomic E-state index is 13.9. The molecule has 5 rings (SSSR count). The average Bonchev–Trinajstić information content (AvgIpc) is 3.40. The maximum Gasteiger partial charge on any atom is 0.335 e. The Labute approximate surface area is 265 Å². The minimum absolute atomic E-state index is 0.146. The average molecular weight is 630 g/mol. The third-order valence-electron chi connectivity index (χ3n) is 8.49. The standard InChI is InChI=1S/C35H43N3O6Si/c1-25-22-37(34(40)38(32(25)39)24-42-23-26-15-9-6-10-16-26)33-31(41-5)30(29(21-36)43-33)44-45(35(2,3)4,27-17-11-7-12-18-27)28-19-13-8-14-20-28/h6-20,22,29-31,33H,21,23-24,36H2,1-5H3/t29-,30?,31?,33?/m1/s1. The lowest BCUT2D eigenvalue weighted by atomic mass is 10.1. The van der Waals surface area contributed by atoms with Gasteiger partial charge < -0.3 is 24.4 Å². The van der Waals surface area contributed by atoms with E-state index >= 15 is 0 Å². The second-order valence-corrected chi connectivity index (χ2v) is 16.7. The van der Waals surface area contributed by atoms with Gasteiger partial charge in [-0.05, 0) is 27.9 Å². The third kappa shape index (κ3) is 6.39. The van der Waals surface area contributed by atoms with Gasteiger partial charge in [-0.3, -0.25) is 9.36 Å². The van der Waals surface area contributed by atoms with Crippen molar-refractivity contribution in [1.29, 1.82) is 0 Å². The molecule has 3 unspecified atom stereocenters. The number of aryl methyl sites for hydroxylation is 1. The third-order valence-corrected chi connectivity index (χ3v) is 13.5. The van der Waals surface area contributed by atoms with Gasteiger partial charge in [-0.2, -0.15) is 0 Å². The number of nitrogens with zero attached hydrogens (tertiary/aromatic N) is 2. The first-order valence-electron chi connectivity index (χ1n) is 15.2. The van der Waals surface area contributed by atoms with Crippen LogP contribution in [-0.2, 0) is 32.0 Å². The van der Waals surface area contributed by atoms with E-state index in [4.69, 9.17) is 24.4 Å². The molecule has 9 nitrogen and oxygen atoms in total. The van der Waals surface area contributed by atoms with Crippen LogP contribution < -0.4 is 27.4 Å². The van der Waals surface area contributed by atoms with Crippen LogP contribution >= 0.6 is 0 Å². The van der Waals surface area contributed by atoms with Crippen molar-refractivity contribution in [3.05, 3.63) is 129 Å². The summed E-state index contributed by atoms with van der Waals surface area (Å²) < 4.78 is 28.3. The van der Waals surface area contributed by atoms with E-state index in [1.165, 1.54) is 10.8 Å². The van der Waals surface area contributed by atoms with E-state index in [0.717, 1.165) is 20.5 Å². The van der Waals surface area contributed by atoms with Crippen LogP contribution in [0.3, 0.4) is 0 Å². The van der Waals surface area contributed by atoms with Gasteiger partial charge in [-0.1, -0.05) is 112 Å². The molecule has 3 aromatic carbocycles. The van der Waals surface area contributed by atoms with Crippen molar-refractivity contribution in [2.75, 3.05) is 13.7 Å². The van der Waals surface area contributed by atoms with Crippen molar-refractivity contribution in [3.63, 3.8) is 0 Å². The molecular formula is C35H43N3O6Si. The van der Waals surface area contributed by atoms with E-state index in [2.05, 4.69) is 45.0 Å². The normalized spacial score (nSPS) is 20.4. The maximum atomic E-state index is 13.9. The van der Waals surface area contributed by atoms with Gasteiger partial charge in [0.1, 0.15) is 25.0 Å². The van der Waals surface area contributed by atoms with Crippen LogP contribution in [-0.4, -0.2) is 49.4 Å². The van der Waals surface area contributed by atoms with Crippen molar-refractivity contribution in [3.8, 4) is 0 Å². The zero-order valence-corrected chi connectivity index (χ0v) is 27.6. The van der Waals surface area contributed by atoms with Gasteiger partial charge in [-0.25, -0.2) is 9.36 Å². The molecule has 0 spiro atoms. The van der Waals surface area contributed by atoms with E-state index in [1.807, 2.05) is 66.7 Å². The van der Waals surface area contributed by atoms with Gasteiger partial charge >= 0.3 is 5.69 Å². The van der Waals surface area contributed by atoms with Crippen molar-refractivity contribution in [2.45, 2.75) is 70.6 Å². The van der Waals surface area contributed by atoms with E-state index in [0.29, 0.717) is 5.56 Å². The molecular weight excluding hydrogens is 586 g/mol. The molecule has 0 amide bonds. The summed E-state index contributed by atoms with van der Waals surface area (Å²) in [4.78, 5) is 27.0. The summed E-state index contributed by atoms with van der Waals surface area (Å²) in [5, 5.41) is 1.91. The highest BCUT2D eigenvalue weighted by atomic mass is 28.4. The van der Waals surface area contributed by atoms with Gasteiger partial charge in [0.2, 0.25) is 0 Å². The highest BCUT2D eigenvalue weighted by Crippen LogP contribution is 2.41. The zero-order valence-electron chi connectivity index (χ0n) is 26.6. The Morgan fingerprint density at radius 2 is 1.42 bits per heavy atom. The Kier molecular flexibility index (Phi) is 10.0. The van der Waals surface area contributed by atoms with Crippen molar-refractivity contribution < 1.29 is 18.6 Å². The number of benzene rings is 3. The molecule has 0 saturated carbocycles. The fourth-order valence-electron chi connectivity index (χ4n) is 6.29. The van der Waals surface area contributed by atoms with Gasteiger partial charge in [0.25, 0.3) is 13.9 Å². The predicted molar refractivity (Wildman–Crippen MR) is 177 cm³/mol. The SMILES string of the molecule is COC1C(O[Si](c2ccccc2)(c2ccccc2)C(C)(C)C)[C@@H](CN)OC1n1cc(C)c(=O)n(COCc2ccccc2)c1=O. The molecule has 0 aliphatic carbocycles. The molecule has 4 aromatic rings. The van der Waals surface area contributed by atoms with E-state index in [1.54, 1.807) is 14.0 Å². The second kappa shape index (κ2) is 13.8. The fraction of sp³-hybridized carbons (Fsp3) is 0.371. The van der Waals surface area contributed by atoms with E-state index in [-0.39, 0.29) is 24.9 Å². The van der Waals surface area contributed by atoms with Crippen LogP contribution in [0.5, 0.6) is 0 Å².